The van der Waals surface area contributed by atoms with Gasteiger partial charge >= 0.3 is 6.18 Å². The Kier molecular flexibility index (Phi) is 7.19. The molecule has 5 nitrogen and oxygen atoms in total. The van der Waals surface area contributed by atoms with Gasteiger partial charge in [-0.05, 0) is 43.5 Å². The SMILES string of the molecule is CCOC1CC(c2ccccc2)OC2(CCN(C(=O)c3ccc(OC)c(C(F)(F)F)c3)CC2)C1. The van der Waals surface area contributed by atoms with Crippen LogP contribution in [0.4, 0.5) is 13.2 Å². The zero-order valence-electron chi connectivity index (χ0n) is 19.4. The van der Waals surface area contributed by atoms with Crippen molar-refractivity contribution >= 4 is 5.91 Å². The number of halogens is 3. The average molecular weight is 478 g/mol. The lowest BCUT2D eigenvalue weighted by atomic mass is 9.80. The molecule has 2 atom stereocenters. The molecule has 1 amide bonds. The lowest BCUT2D eigenvalue weighted by Crippen LogP contribution is -2.52. The van der Waals surface area contributed by atoms with Crippen LogP contribution in [0.2, 0.25) is 0 Å². The van der Waals surface area contributed by atoms with Crippen molar-refractivity contribution < 1.29 is 32.2 Å². The van der Waals surface area contributed by atoms with Gasteiger partial charge in [0.25, 0.3) is 5.91 Å². The fraction of sp³-hybridized carbons (Fsp3) is 0.500. The number of hydrogen-bond donors (Lipinski definition) is 0. The molecule has 2 aromatic rings. The summed E-state index contributed by atoms with van der Waals surface area (Å²) in [6.45, 7) is 3.41. The second-order valence-electron chi connectivity index (χ2n) is 8.92. The van der Waals surface area contributed by atoms with Gasteiger partial charge in [0.15, 0.2) is 0 Å². The van der Waals surface area contributed by atoms with E-state index in [2.05, 4.69) is 0 Å². The summed E-state index contributed by atoms with van der Waals surface area (Å²) in [5.41, 5.74) is -0.271. The maximum atomic E-state index is 13.4. The Morgan fingerprint density at radius 3 is 2.47 bits per heavy atom. The number of nitrogens with zero attached hydrogens (tertiary/aromatic N) is 1. The van der Waals surface area contributed by atoms with Crippen molar-refractivity contribution in [1.29, 1.82) is 0 Å². The van der Waals surface area contributed by atoms with Crippen molar-refractivity contribution in [2.75, 3.05) is 26.8 Å². The van der Waals surface area contributed by atoms with Gasteiger partial charge in [0.2, 0.25) is 0 Å². The van der Waals surface area contributed by atoms with Crippen LogP contribution in [0.5, 0.6) is 5.75 Å². The molecule has 2 aromatic carbocycles. The molecule has 184 valence electrons. The first-order chi connectivity index (χ1) is 16.2. The topological polar surface area (TPSA) is 48.0 Å². The molecular formula is C26H30F3NO4. The number of likely N-dealkylation sites (tertiary alicyclic amines) is 1. The largest absolute Gasteiger partial charge is 0.496 e. The molecule has 34 heavy (non-hydrogen) atoms. The van der Waals surface area contributed by atoms with Gasteiger partial charge in [-0.25, -0.2) is 0 Å². The maximum absolute atomic E-state index is 13.4. The van der Waals surface area contributed by atoms with E-state index in [1.54, 1.807) is 4.90 Å². The summed E-state index contributed by atoms with van der Waals surface area (Å²) >= 11 is 0. The van der Waals surface area contributed by atoms with Gasteiger partial charge in [-0.15, -0.1) is 0 Å². The number of methoxy groups -OCH3 is 1. The molecule has 2 unspecified atom stereocenters. The molecule has 1 spiro atoms. The van der Waals surface area contributed by atoms with Crippen molar-refractivity contribution in [3.05, 3.63) is 65.2 Å². The predicted molar refractivity (Wildman–Crippen MR) is 121 cm³/mol. The second kappa shape index (κ2) is 9.96. The highest BCUT2D eigenvalue weighted by Crippen LogP contribution is 2.44. The number of ether oxygens (including phenoxy) is 3. The highest BCUT2D eigenvalue weighted by molar-refractivity contribution is 5.94. The van der Waals surface area contributed by atoms with Crippen LogP contribution in [0.3, 0.4) is 0 Å². The number of alkyl halides is 3. The Hall–Kier alpha value is -2.58. The Bertz CT molecular complexity index is 987. The molecule has 2 fully saturated rings. The summed E-state index contributed by atoms with van der Waals surface area (Å²) in [6.07, 6.45) is -1.92. The Morgan fingerprint density at radius 1 is 1.15 bits per heavy atom. The Balaban J connectivity index is 1.49. The molecular weight excluding hydrogens is 447 g/mol. The van der Waals surface area contributed by atoms with Crippen LogP contribution in [0, 0.1) is 0 Å². The molecule has 2 aliphatic rings. The molecule has 0 saturated carbocycles. The molecule has 2 saturated heterocycles. The summed E-state index contributed by atoms with van der Waals surface area (Å²) in [4.78, 5) is 14.7. The highest BCUT2D eigenvalue weighted by atomic mass is 19.4. The molecule has 0 aromatic heterocycles. The number of carbonyl (C=O) groups excluding carboxylic acids is 1. The van der Waals surface area contributed by atoms with Crippen molar-refractivity contribution in [3.8, 4) is 5.75 Å². The van der Waals surface area contributed by atoms with Crippen molar-refractivity contribution in [3.63, 3.8) is 0 Å². The first kappa shape index (κ1) is 24.5. The van der Waals surface area contributed by atoms with E-state index in [9.17, 15) is 18.0 Å². The lowest BCUT2D eigenvalue weighted by Gasteiger charge is -2.48. The van der Waals surface area contributed by atoms with Crippen LogP contribution in [0.25, 0.3) is 0 Å². The third kappa shape index (κ3) is 5.23. The quantitative estimate of drug-likeness (QED) is 0.559. The van der Waals surface area contributed by atoms with Gasteiger partial charge in [0.1, 0.15) is 5.75 Å². The van der Waals surface area contributed by atoms with E-state index >= 15 is 0 Å². The minimum Gasteiger partial charge on any atom is -0.496 e. The maximum Gasteiger partial charge on any atom is 0.419 e. The van der Waals surface area contributed by atoms with Crippen LogP contribution in [0.1, 0.15) is 60.2 Å². The van der Waals surface area contributed by atoms with Crippen LogP contribution < -0.4 is 4.74 Å². The standard InChI is InChI=1S/C26H30F3NO4/c1-3-33-20-16-23(18-7-5-4-6-8-18)34-25(17-20)11-13-30(14-12-25)24(31)19-9-10-22(32-2)21(15-19)26(27,28)29/h4-10,15,20,23H,3,11-14,16-17H2,1-2H3. The second-order valence-corrected chi connectivity index (χ2v) is 8.92. The minimum atomic E-state index is -4.61. The first-order valence-corrected chi connectivity index (χ1v) is 11.6. The number of hydrogen-bond acceptors (Lipinski definition) is 4. The van der Waals surface area contributed by atoms with Gasteiger partial charge in [0, 0.05) is 38.1 Å². The molecule has 2 aliphatic heterocycles. The van der Waals surface area contributed by atoms with Crippen LogP contribution in [0.15, 0.2) is 48.5 Å². The summed E-state index contributed by atoms with van der Waals surface area (Å²) in [5.74, 6) is -0.717. The van der Waals surface area contributed by atoms with Gasteiger partial charge in [-0.1, -0.05) is 30.3 Å². The summed E-state index contributed by atoms with van der Waals surface area (Å²) < 4.78 is 57.7. The minimum absolute atomic E-state index is 0.00277. The van der Waals surface area contributed by atoms with E-state index in [4.69, 9.17) is 14.2 Å². The van der Waals surface area contributed by atoms with Crippen molar-refractivity contribution in [2.24, 2.45) is 0 Å². The molecule has 0 radical (unpaired) electrons. The molecule has 0 N–H and O–H groups in total. The van der Waals surface area contributed by atoms with E-state index in [1.807, 2.05) is 37.3 Å². The van der Waals surface area contributed by atoms with Gasteiger partial charge in [0.05, 0.1) is 30.5 Å². The molecule has 4 rings (SSSR count). The molecule has 0 bridgehead atoms. The third-order valence-corrected chi connectivity index (χ3v) is 6.76. The summed E-state index contributed by atoms with van der Waals surface area (Å²) in [7, 11) is 1.18. The fourth-order valence-electron chi connectivity index (χ4n) is 5.05. The zero-order valence-corrected chi connectivity index (χ0v) is 19.4. The fourth-order valence-corrected chi connectivity index (χ4v) is 5.05. The zero-order chi connectivity index (χ0) is 24.3. The van der Waals surface area contributed by atoms with Gasteiger partial charge < -0.3 is 19.1 Å². The summed E-state index contributed by atoms with van der Waals surface area (Å²) in [5, 5.41) is 0. The van der Waals surface area contributed by atoms with E-state index in [1.165, 1.54) is 19.2 Å². The molecule has 8 heteroatoms. The molecule has 2 heterocycles. The lowest BCUT2D eigenvalue weighted by molar-refractivity contribution is -0.190. The highest BCUT2D eigenvalue weighted by Gasteiger charge is 2.45. The van der Waals surface area contributed by atoms with E-state index in [0.29, 0.717) is 32.5 Å². The van der Waals surface area contributed by atoms with Crippen LogP contribution in [-0.4, -0.2) is 49.3 Å². The van der Waals surface area contributed by atoms with Gasteiger partial charge in [-0.3, -0.25) is 4.79 Å². The third-order valence-electron chi connectivity index (χ3n) is 6.76. The van der Waals surface area contributed by atoms with Crippen LogP contribution in [-0.2, 0) is 15.7 Å². The number of rotatable bonds is 5. The smallest absolute Gasteiger partial charge is 0.419 e. The number of carbonyl (C=O) groups is 1. The Morgan fingerprint density at radius 2 is 1.85 bits per heavy atom. The van der Waals surface area contributed by atoms with Crippen molar-refractivity contribution in [2.45, 2.75) is 56.6 Å². The molecule has 0 aliphatic carbocycles. The average Bonchev–Trinajstić information content (AvgIpc) is 2.83. The number of benzene rings is 2. The summed E-state index contributed by atoms with van der Waals surface area (Å²) in [6, 6.07) is 13.5. The van der Waals surface area contributed by atoms with E-state index in [-0.39, 0.29) is 23.5 Å². The van der Waals surface area contributed by atoms with E-state index in [0.717, 1.165) is 24.5 Å². The number of amides is 1. The normalized spacial score (nSPS) is 22.6. The first-order valence-electron chi connectivity index (χ1n) is 11.6. The van der Waals surface area contributed by atoms with Crippen LogP contribution >= 0.6 is 0 Å². The van der Waals surface area contributed by atoms with Crippen molar-refractivity contribution in [1.82, 2.24) is 4.90 Å². The number of piperidine rings is 1. The monoisotopic (exact) mass is 477 g/mol. The Labute approximate surface area is 197 Å². The van der Waals surface area contributed by atoms with E-state index < -0.39 is 23.2 Å². The predicted octanol–water partition coefficient (Wildman–Crippen LogP) is 5.65. The van der Waals surface area contributed by atoms with Gasteiger partial charge in [-0.2, -0.15) is 13.2 Å².